The monoisotopic (exact) mass is 260 g/mol. The van der Waals surface area contributed by atoms with Crippen molar-refractivity contribution in [2.45, 2.75) is 46.1 Å². The molecule has 0 aliphatic carbocycles. The minimum Gasteiger partial charge on any atom is -0.352 e. The van der Waals surface area contributed by atoms with Gasteiger partial charge in [0.05, 0.1) is 0 Å². The van der Waals surface area contributed by atoms with Gasteiger partial charge in [0.15, 0.2) is 0 Å². The van der Waals surface area contributed by atoms with Crippen LogP contribution in [-0.2, 0) is 0 Å². The van der Waals surface area contributed by atoms with Crippen LogP contribution >= 0.6 is 0 Å². The second-order valence-corrected chi connectivity index (χ2v) is 5.61. The van der Waals surface area contributed by atoms with Crippen molar-refractivity contribution in [1.29, 1.82) is 0 Å². The van der Waals surface area contributed by atoms with Gasteiger partial charge < -0.3 is 10.6 Å². The van der Waals surface area contributed by atoms with E-state index in [1.165, 1.54) is 18.4 Å². The molecule has 0 saturated carbocycles. The van der Waals surface area contributed by atoms with E-state index < -0.39 is 0 Å². The fraction of sp³-hybridized carbons (Fsp3) is 0.562. The van der Waals surface area contributed by atoms with Gasteiger partial charge in [-0.15, -0.1) is 0 Å². The summed E-state index contributed by atoms with van der Waals surface area (Å²) in [6.07, 6.45) is 3.52. The summed E-state index contributed by atoms with van der Waals surface area (Å²) in [5.41, 5.74) is 4.18. The lowest BCUT2D eigenvalue weighted by Gasteiger charge is -2.13. The fourth-order valence-corrected chi connectivity index (χ4v) is 2.99. The van der Waals surface area contributed by atoms with Crippen LogP contribution in [0.4, 0.5) is 0 Å². The van der Waals surface area contributed by atoms with E-state index in [-0.39, 0.29) is 5.91 Å². The predicted molar refractivity (Wildman–Crippen MR) is 78.6 cm³/mol. The minimum absolute atomic E-state index is 0.0630. The van der Waals surface area contributed by atoms with Gasteiger partial charge in [0.2, 0.25) is 0 Å². The van der Waals surface area contributed by atoms with Gasteiger partial charge in [-0.25, -0.2) is 0 Å². The highest BCUT2D eigenvalue weighted by atomic mass is 16.1. The molecule has 1 heterocycles. The highest BCUT2D eigenvalue weighted by Gasteiger charge is 2.15. The zero-order valence-electron chi connectivity index (χ0n) is 12.2. The second kappa shape index (κ2) is 6.20. The van der Waals surface area contributed by atoms with Crippen LogP contribution in [-0.4, -0.2) is 25.0 Å². The molecule has 1 saturated heterocycles. The molecule has 1 atom stereocenters. The molecule has 1 aliphatic rings. The van der Waals surface area contributed by atoms with Crippen molar-refractivity contribution in [1.82, 2.24) is 10.6 Å². The maximum atomic E-state index is 12.2. The molecular weight excluding hydrogens is 236 g/mol. The molecule has 19 heavy (non-hydrogen) atoms. The van der Waals surface area contributed by atoms with E-state index in [0.29, 0.717) is 6.04 Å². The van der Waals surface area contributed by atoms with Crippen molar-refractivity contribution >= 4 is 5.91 Å². The van der Waals surface area contributed by atoms with Gasteiger partial charge in [0, 0.05) is 18.2 Å². The molecule has 2 N–H and O–H groups in total. The van der Waals surface area contributed by atoms with Crippen molar-refractivity contribution in [2.75, 3.05) is 13.1 Å². The fourth-order valence-electron chi connectivity index (χ4n) is 2.99. The number of carbonyl (C=O) groups is 1. The van der Waals surface area contributed by atoms with Crippen LogP contribution in [0.15, 0.2) is 12.1 Å². The molecule has 0 radical (unpaired) electrons. The molecule has 1 aromatic carbocycles. The molecule has 1 fully saturated rings. The van der Waals surface area contributed by atoms with Crippen LogP contribution < -0.4 is 10.6 Å². The Kier molecular flexibility index (Phi) is 4.59. The highest BCUT2D eigenvalue weighted by molar-refractivity contribution is 5.97. The van der Waals surface area contributed by atoms with Crippen LogP contribution in [0.2, 0.25) is 0 Å². The lowest BCUT2D eigenvalue weighted by Crippen LogP contribution is -2.31. The predicted octanol–water partition coefficient (Wildman–Crippen LogP) is 2.48. The molecule has 0 bridgehead atoms. The molecule has 1 aliphatic heterocycles. The molecule has 2 rings (SSSR count). The van der Waals surface area contributed by atoms with Gasteiger partial charge >= 0.3 is 0 Å². The summed E-state index contributed by atoms with van der Waals surface area (Å²) in [5.74, 6) is 0.0630. The van der Waals surface area contributed by atoms with E-state index in [4.69, 9.17) is 0 Å². The van der Waals surface area contributed by atoms with E-state index in [1.54, 1.807) is 0 Å². The molecule has 3 nitrogen and oxygen atoms in total. The number of amides is 1. The lowest BCUT2D eigenvalue weighted by atomic mass is 9.99. The summed E-state index contributed by atoms with van der Waals surface area (Å²) in [5, 5.41) is 6.50. The first-order valence-electron chi connectivity index (χ1n) is 7.17. The first-order chi connectivity index (χ1) is 9.08. The van der Waals surface area contributed by atoms with Crippen LogP contribution in [0, 0.1) is 20.8 Å². The number of benzene rings is 1. The minimum atomic E-state index is 0.0630. The number of hydrogen-bond acceptors (Lipinski definition) is 2. The van der Waals surface area contributed by atoms with Gasteiger partial charge in [-0.05, 0) is 57.7 Å². The van der Waals surface area contributed by atoms with Crippen molar-refractivity contribution in [2.24, 2.45) is 0 Å². The van der Waals surface area contributed by atoms with E-state index >= 15 is 0 Å². The topological polar surface area (TPSA) is 41.1 Å². The molecule has 1 aromatic rings. The van der Waals surface area contributed by atoms with E-state index in [2.05, 4.69) is 29.7 Å². The quantitative estimate of drug-likeness (QED) is 0.873. The first-order valence-corrected chi connectivity index (χ1v) is 7.17. The molecule has 104 valence electrons. The number of hydrogen-bond donors (Lipinski definition) is 2. The molecule has 0 unspecified atom stereocenters. The van der Waals surface area contributed by atoms with Crippen molar-refractivity contribution in [3.05, 3.63) is 34.4 Å². The molecular formula is C16H24N2O. The Morgan fingerprint density at radius 3 is 2.58 bits per heavy atom. The van der Waals surface area contributed by atoms with Crippen molar-refractivity contribution in [3.63, 3.8) is 0 Å². The Balaban J connectivity index is 1.92. The van der Waals surface area contributed by atoms with E-state index in [1.807, 2.05) is 13.8 Å². The molecule has 0 spiro atoms. The summed E-state index contributed by atoms with van der Waals surface area (Å²) in [4.78, 5) is 12.2. The zero-order chi connectivity index (χ0) is 13.8. The number of rotatable bonds is 4. The third-order valence-corrected chi connectivity index (χ3v) is 3.84. The Labute approximate surface area is 115 Å². The third-order valence-electron chi connectivity index (χ3n) is 3.84. The number of carbonyl (C=O) groups excluding carboxylic acids is 1. The summed E-state index contributed by atoms with van der Waals surface area (Å²) >= 11 is 0. The van der Waals surface area contributed by atoms with Crippen LogP contribution in [0.25, 0.3) is 0 Å². The van der Waals surface area contributed by atoms with Gasteiger partial charge in [-0.1, -0.05) is 17.7 Å². The van der Waals surface area contributed by atoms with E-state index in [0.717, 1.165) is 36.2 Å². The van der Waals surface area contributed by atoms with Crippen molar-refractivity contribution < 1.29 is 4.79 Å². The number of nitrogens with one attached hydrogen (secondary N) is 2. The van der Waals surface area contributed by atoms with Crippen LogP contribution in [0.1, 0.15) is 46.3 Å². The van der Waals surface area contributed by atoms with Gasteiger partial charge in [0.1, 0.15) is 0 Å². The maximum absolute atomic E-state index is 12.2. The standard InChI is InChI=1S/C16H24N2O/c1-11-9-12(2)15(13(3)10-11)16(19)18-8-6-14-5-4-7-17-14/h9-10,14,17H,4-8H2,1-3H3,(H,18,19)/t14-/m0/s1. The second-order valence-electron chi connectivity index (χ2n) is 5.61. The Bertz CT molecular complexity index is 439. The smallest absolute Gasteiger partial charge is 0.251 e. The summed E-state index contributed by atoms with van der Waals surface area (Å²) < 4.78 is 0. The average Bonchev–Trinajstić information content (AvgIpc) is 2.80. The summed E-state index contributed by atoms with van der Waals surface area (Å²) in [6.45, 7) is 7.95. The normalized spacial score (nSPS) is 18.6. The van der Waals surface area contributed by atoms with Crippen LogP contribution in [0.3, 0.4) is 0 Å². The van der Waals surface area contributed by atoms with Crippen LogP contribution in [0.5, 0.6) is 0 Å². The lowest BCUT2D eigenvalue weighted by molar-refractivity contribution is 0.0951. The van der Waals surface area contributed by atoms with Gasteiger partial charge in [0.25, 0.3) is 5.91 Å². The van der Waals surface area contributed by atoms with E-state index in [9.17, 15) is 4.79 Å². The van der Waals surface area contributed by atoms with Gasteiger partial charge in [-0.3, -0.25) is 4.79 Å². The molecule has 3 heteroatoms. The largest absolute Gasteiger partial charge is 0.352 e. The Morgan fingerprint density at radius 1 is 1.32 bits per heavy atom. The zero-order valence-corrected chi connectivity index (χ0v) is 12.2. The number of aryl methyl sites for hydroxylation is 3. The average molecular weight is 260 g/mol. The highest BCUT2D eigenvalue weighted by Crippen LogP contribution is 2.16. The summed E-state index contributed by atoms with van der Waals surface area (Å²) in [6, 6.07) is 4.72. The molecule has 0 aromatic heterocycles. The Hall–Kier alpha value is -1.35. The Morgan fingerprint density at radius 2 is 2.00 bits per heavy atom. The SMILES string of the molecule is Cc1cc(C)c(C(=O)NCC[C@@H]2CCCN2)c(C)c1. The summed E-state index contributed by atoms with van der Waals surface area (Å²) in [7, 11) is 0. The third kappa shape index (κ3) is 3.57. The van der Waals surface area contributed by atoms with Gasteiger partial charge in [-0.2, -0.15) is 0 Å². The van der Waals surface area contributed by atoms with Crippen molar-refractivity contribution in [3.8, 4) is 0 Å². The molecule has 1 amide bonds. The first kappa shape index (κ1) is 14.1. The maximum Gasteiger partial charge on any atom is 0.251 e.